The van der Waals surface area contributed by atoms with Crippen LogP contribution in [0.1, 0.15) is 53.7 Å². The fourth-order valence-corrected chi connectivity index (χ4v) is 6.19. The number of carbonyl (C=O) groups is 3. The summed E-state index contributed by atoms with van der Waals surface area (Å²) in [7, 11) is 2.74. The lowest BCUT2D eigenvalue weighted by Crippen LogP contribution is -2.32. The summed E-state index contributed by atoms with van der Waals surface area (Å²) in [6, 6.07) is 14.8. The van der Waals surface area contributed by atoms with Crippen LogP contribution in [0.15, 0.2) is 82.1 Å². The molecule has 8 bridgehead atoms. The van der Waals surface area contributed by atoms with Crippen molar-refractivity contribution in [1.29, 1.82) is 0 Å². The van der Waals surface area contributed by atoms with Crippen LogP contribution in [0.25, 0.3) is 44.9 Å². The fraction of sp³-hybridized carbons (Fsp3) is 0.216. The smallest absolute Gasteiger partial charge is 0.418 e. The van der Waals surface area contributed by atoms with Gasteiger partial charge in [-0.1, -0.05) is 44.2 Å². The maximum atomic E-state index is 14.1. The number of nitrogens with zero attached hydrogens (tertiary/aromatic N) is 3. The lowest BCUT2D eigenvalue weighted by molar-refractivity contribution is -0.122. The van der Waals surface area contributed by atoms with Crippen molar-refractivity contribution in [2.75, 3.05) is 14.2 Å². The van der Waals surface area contributed by atoms with Crippen LogP contribution in [-0.2, 0) is 16.0 Å². The Hall–Kier alpha value is -6.17. The third-order valence-electron chi connectivity index (χ3n) is 8.68. The Bertz CT molecular complexity index is 2260. The highest BCUT2D eigenvalue weighted by molar-refractivity contribution is 6.15. The zero-order valence-electron chi connectivity index (χ0n) is 27.1. The topological polar surface area (TPSA) is 159 Å². The van der Waals surface area contributed by atoms with Gasteiger partial charge in [-0.25, -0.2) is 14.8 Å². The molecule has 0 radical (unpaired) electrons. The number of carbonyl (C=O) groups excluding carboxylic acids is 3. The average Bonchev–Trinajstić information content (AvgIpc) is 3.87. The minimum absolute atomic E-state index is 0.0471. The molecule has 12 nitrogen and oxygen atoms in total. The molecule has 0 unspecified atom stereocenters. The van der Waals surface area contributed by atoms with Gasteiger partial charge in [-0.2, -0.15) is 0 Å². The Morgan fingerprint density at radius 2 is 1.78 bits per heavy atom. The molecule has 1 aliphatic rings. The first kappa shape index (κ1) is 31.4. The van der Waals surface area contributed by atoms with Crippen molar-refractivity contribution in [3.8, 4) is 45.5 Å². The number of para-hydroxylation sites is 1. The number of amides is 1. The van der Waals surface area contributed by atoms with Crippen LogP contribution in [0.3, 0.4) is 0 Å². The molecule has 3 aromatic heterocycles. The normalized spacial score (nSPS) is 14.8. The minimum Gasteiger partial charge on any atom is -0.507 e. The van der Waals surface area contributed by atoms with Crippen LogP contribution >= 0.6 is 0 Å². The second-order valence-corrected chi connectivity index (χ2v) is 12.0. The number of methoxy groups -OCH3 is 2. The Morgan fingerprint density at radius 3 is 2.55 bits per heavy atom. The largest absolute Gasteiger partial charge is 0.507 e. The number of fused-ring (bicyclic) bond motifs is 11. The van der Waals surface area contributed by atoms with Crippen molar-refractivity contribution in [3.63, 3.8) is 0 Å². The van der Waals surface area contributed by atoms with E-state index in [-0.39, 0.29) is 41.0 Å². The molecule has 2 N–H and O–H groups in total. The molecule has 6 aromatic rings. The summed E-state index contributed by atoms with van der Waals surface area (Å²) in [5, 5.41) is 15.3. The van der Waals surface area contributed by atoms with E-state index < -0.39 is 17.9 Å². The Morgan fingerprint density at radius 1 is 1.00 bits per heavy atom. The second kappa shape index (κ2) is 12.5. The molecular weight excluding hydrogens is 628 g/mol. The van der Waals surface area contributed by atoms with Crippen molar-refractivity contribution in [2.24, 2.45) is 5.92 Å². The van der Waals surface area contributed by atoms with E-state index in [0.29, 0.717) is 57.1 Å². The number of nitrogens with one attached hydrogen (secondary N) is 1. The lowest BCUT2D eigenvalue weighted by Gasteiger charge is -2.19. The molecule has 0 spiro atoms. The minimum atomic E-state index is -0.641. The van der Waals surface area contributed by atoms with Crippen molar-refractivity contribution in [2.45, 2.75) is 32.7 Å². The molecule has 0 saturated heterocycles. The molecule has 1 atom stereocenters. The quantitative estimate of drug-likeness (QED) is 0.199. The van der Waals surface area contributed by atoms with Crippen LogP contribution < -0.4 is 10.1 Å². The first-order valence-electron chi connectivity index (χ1n) is 15.7. The number of rotatable bonds is 2. The average molecular weight is 661 g/mol. The SMILES string of the molecule is COC(=O)n1cc2c3c(cccc31)-c1cccc(c1O)C(=O)c1cc(ccc1OC)CCC(=O)N[C@@H](C(C)C)c1nc(co1)-c1ncc-2o1. The number of ether oxygens (including phenoxy) is 2. The Labute approximate surface area is 280 Å². The molecule has 0 aliphatic carbocycles. The number of ketones is 1. The fourth-order valence-electron chi connectivity index (χ4n) is 6.19. The summed E-state index contributed by atoms with van der Waals surface area (Å²) in [5.74, 6) is 0.0519. The number of aromatic nitrogens is 3. The van der Waals surface area contributed by atoms with Gasteiger partial charge in [-0.15, -0.1) is 0 Å². The molecule has 7 rings (SSSR count). The third kappa shape index (κ3) is 5.50. The number of aromatic hydroxyl groups is 1. The predicted octanol–water partition coefficient (Wildman–Crippen LogP) is 6.94. The van der Waals surface area contributed by atoms with Crippen LogP contribution in [-0.4, -0.2) is 51.6 Å². The van der Waals surface area contributed by atoms with Crippen molar-refractivity contribution in [1.82, 2.24) is 19.9 Å². The number of phenols is 1. The standard InChI is InChI=1S/C37H32N4O8/c1-19(2)32-36-39-26(18-48-36)35-38-16-29(49-35)25-17-41(37(45)47-4)27-10-6-7-21(31(25)27)22-8-5-9-23(33(22)43)34(44)24-15-20(11-13-28(24)46-3)12-14-30(42)40-32/h5-11,13,15-19,32,43H,12,14H2,1-4H3,(H,40,42)/t32-/m0/s1. The molecule has 0 fully saturated rings. The Balaban J connectivity index is 1.47. The van der Waals surface area contributed by atoms with E-state index in [2.05, 4.69) is 15.3 Å². The van der Waals surface area contributed by atoms with Gasteiger partial charge in [0.05, 0.1) is 37.1 Å². The van der Waals surface area contributed by atoms with E-state index in [1.165, 1.54) is 37.3 Å². The van der Waals surface area contributed by atoms with Gasteiger partial charge >= 0.3 is 6.09 Å². The van der Waals surface area contributed by atoms with Crippen LogP contribution in [0.2, 0.25) is 0 Å². The van der Waals surface area contributed by atoms with Gasteiger partial charge in [0.15, 0.2) is 11.5 Å². The molecule has 248 valence electrons. The van der Waals surface area contributed by atoms with E-state index in [1.807, 2.05) is 13.8 Å². The maximum absolute atomic E-state index is 14.1. The van der Waals surface area contributed by atoms with Crippen LogP contribution in [0.4, 0.5) is 4.79 Å². The van der Waals surface area contributed by atoms with Gasteiger partial charge in [-0.3, -0.25) is 14.2 Å². The first-order chi connectivity index (χ1) is 23.7. The zero-order valence-corrected chi connectivity index (χ0v) is 27.1. The number of hydrogen-bond donors (Lipinski definition) is 2. The molecule has 0 saturated carbocycles. The second-order valence-electron chi connectivity index (χ2n) is 12.0. The van der Waals surface area contributed by atoms with E-state index in [9.17, 15) is 19.5 Å². The highest BCUT2D eigenvalue weighted by Gasteiger charge is 2.28. The van der Waals surface area contributed by atoms with Crippen LogP contribution in [0, 0.1) is 5.92 Å². The number of aryl methyl sites for hydroxylation is 1. The summed E-state index contributed by atoms with van der Waals surface area (Å²) in [4.78, 5) is 49.3. The van der Waals surface area contributed by atoms with E-state index in [1.54, 1.807) is 54.7 Å². The molecule has 12 heteroatoms. The molecule has 49 heavy (non-hydrogen) atoms. The number of hydrogen-bond acceptors (Lipinski definition) is 10. The first-order valence-corrected chi connectivity index (χ1v) is 15.7. The van der Waals surface area contributed by atoms with Gasteiger partial charge in [0.25, 0.3) is 0 Å². The van der Waals surface area contributed by atoms with E-state index in [0.717, 1.165) is 5.56 Å². The summed E-state index contributed by atoms with van der Waals surface area (Å²) in [5.41, 5.74) is 3.15. The summed E-state index contributed by atoms with van der Waals surface area (Å²) in [6.45, 7) is 3.89. The van der Waals surface area contributed by atoms with Crippen LogP contribution in [0.5, 0.6) is 11.5 Å². The molecule has 3 aromatic carbocycles. The summed E-state index contributed by atoms with van der Waals surface area (Å²) >= 11 is 0. The summed E-state index contributed by atoms with van der Waals surface area (Å²) in [6.07, 6.45) is 4.32. The van der Waals surface area contributed by atoms with Gasteiger partial charge in [0.1, 0.15) is 23.8 Å². The molecule has 4 heterocycles. The van der Waals surface area contributed by atoms with E-state index in [4.69, 9.17) is 18.3 Å². The van der Waals surface area contributed by atoms with Crippen molar-refractivity contribution < 1.29 is 37.8 Å². The molecular formula is C37H32N4O8. The van der Waals surface area contributed by atoms with Crippen molar-refractivity contribution >= 4 is 28.7 Å². The molecule has 1 amide bonds. The van der Waals surface area contributed by atoms with E-state index >= 15 is 0 Å². The molecule has 1 aliphatic heterocycles. The number of oxazole rings is 2. The lowest BCUT2D eigenvalue weighted by atomic mass is 9.92. The zero-order chi connectivity index (χ0) is 34.4. The number of benzene rings is 3. The van der Waals surface area contributed by atoms with Crippen molar-refractivity contribution in [3.05, 3.63) is 95.8 Å². The highest BCUT2D eigenvalue weighted by atomic mass is 16.5. The van der Waals surface area contributed by atoms with Gasteiger partial charge in [-0.05, 0) is 47.7 Å². The summed E-state index contributed by atoms with van der Waals surface area (Å²) < 4.78 is 24.0. The van der Waals surface area contributed by atoms with Gasteiger partial charge < -0.3 is 28.7 Å². The Kier molecular flexibility index (Phi) is 7.99. The number of phenolic OH excluding ortho intramolecular Hbond substituents is 1. The predicted molar refractivity (Wildman–Crippen MR) is 178 cm³/mol. The van der Waals surface area contributed by atoms with Gasteiger partial charge in [0.2, 0.25) is 23.5 Å². The monoisotopic (exact) mass is 660 g/mol. The highest BCUT2D eigenvalue weighted by Crippen LogP contribution is 2.43. The third-order valence-corrected chi connectivity index (χ3v) is 8.68. The maximum Gasteiger partial charge on any atom is 0.418 e. The van der Waals surface area contributed by atoms with Gasteiger partial charge in [0, 0.05) is 29.1 Å².